The van der Waals surface area contributed by atoms with Crippen LogP contribution in [0, 0.1) is 0 Å². The first-order valence-corrected chi connectivity index (χ1v) is 11.1. The highest BCUT2D eigenvalue weighted by Crippen LogP contribution is 2.29. The van der Waals surface area contributed by atoms with Crippen LogP contribution in [0.1, 0.15) is 52.4 Å². The quantitative estimate of drug-likeness (QED) is 0.312. The molecule has 1 aromatic heterocycles. The van der Waals surface area contributed by atoms with Gasteiger partial charge < -0.3 is 10.1 Å². The van der Waals surface area contributed by atoms with Crippen LogP contribution in [0.15, 0.2) is 29.4 Å². The molecule has 1 amide bonds. The molecule has 0 aromatic carbocycles. The number of aromatic nitrogens is 1. The van der Waals surface area contributed by atoms with Gasteiger partial charge in [-0.25, -0.2) is 4.98 Å². The van der Waals surface area contributed by atoms with E-state index in [1.807, 2.05) is 25.1 Å². The maximum Gasteiger partial charge on any atom is 0.306 e. The maximum absolute atomic E-state index is 11.7. The number of amides is 1. The van der Waals surface area contributed by atoms with E-state index in [-0.39, 0.29) is 18.0 Å². The van der Waals surface area contributed by atoms with Gasteiger partial charge in [-0.1, -0.05) is 36.6 Å². The van der Waals surface area contributed by atoms with Gasteiger partial charge >= 0.3 is 5.97 Å². The highest BCUT2D eigenvalue weighted by Gasteiger charge is 2.09. The van der Waals surface area contributed by atoms with Gasteiger partial charge in [0.25, 0.3) is 0 Å². The average molecular weight is 385 g/mol. The van der Waals surface area contributed by atoms with Crippen molar-refractivity contribution >= 4 is 33.5 Å². The Bertz CT molecular complexity index is 500. The summed E-state index contributed by atoms with van der Waals surface area (Å²) in [6.45, 7) is 4.55. The van der Waals surface area contributed by atoms with E-state index in [4.69, 9.17) is 4.74 Å². The predicted molar refractivity (Wildman–Crippen MR) is 104 cm³/mol. The lowest BCUT2D eigenvalue weighted by Crippen LogP contribution is -2.25. The highest BCUT2D eigenvalue weighted by atomic mass is 33.1. The third-order valence-electron chi connectivity index (χ3n) is 3.37. The maximum atomic E-state index is 11.7. The van der Waals surface area contributed by atoms with Crippen molar-refractivity contribution in [1.29, 1.82) is 0 Å². The number of nitrogens with one attached hydrogen (secondary N) is 1. The first kappa shape index (κ1) is 21.8. The van der Waals surface area contributed by atoms with E-state index in [1.54, 1.807) is 27.8 Å². The van der Waals surface area contributed by atoms with Gasteiger partial charge in [0.05, 0.1) is 6.10 Å². The summed E-state index contributed by atoms with van der Waals surface area (Å²) in [5.74, 6) is 0.559. The molecule has 0 fully saturated rings. The van der Waals surface area contributed by atoms with Crippen LogP contribution < -0.4 is 5.32 Å². The molecular weight excluding hydrogens is 356 g/mol. The van der Waals surface area contributed by atoms with Crippen LogP contribution in [0.25, 0.3) is 0 Å². The number of hydrogen-bond acceptors (Lipinski definition) is 6. The smallest absolute Gasteiger partial charge is 0.306 e. The van der Waals surface area contributed by atoms with Crippen molar-refractivity contribution in [1.82, 2.24) is 10.3 Å². The number of nitrogens with zero attached hydrogens (tertiary/aromatic N) is 1. The molecule has 0 bridgehead atoms. The summed E-state index contributed by atoms with van der Waals surface area (Å²) in [6.07, 6.45) is 6.24. The van der Waals surface area contributed by atoms with Crippen LogP contribution in [0.3, 0.4) is 0 Å². The van der Waals surface area contributed by atoms with E-state index in [0.29, 0.717) is 25.8 Å². The van der Waals surface area contributed by atoms with Gasteiger partial charge in [-0.3, -0.25) is 9.59 Å². The minimum absolute atomic E-state index is 0.0128. The molecule has 0 spiro atoms. The molecular formula is C18H28N2O3S2. The second kappa shape index (κ2) is 14.0. The Labute approximate surface area is 158 Å². The van der Waals surface area contributed by atoms with Crippen molar-refractivity contribution in [2.45, 2.75) is 63.5 Å². The molecule has 1 rings (SSSR count). The predicted octanol–water partition coefficient (Wildman–Crippen LogP) is 4.23. The van der Waals surface area contributed by atoms with E-state index in [9.17, 15) is 9.59 Å². The third-order valence-corrected chi connectivity index (χ3v) is 5.64. The molecule has 0 saturated heterocycles. The number of ether oxygens (including phenoxy) is 1. The Morgan fingerprint density at radius 2 is 2.12 bits per heavy atom. The molecule has 1 N–H and O–H groups in total. The van der Waals surface area contributed by atoms with Crippen LogP contribution in [-0.2, 0) is 14.3 Å². The molecule has 25 heavy (non-hydrogen) atoms. The molecule has 0 saturated carbocycles. The molecule has 0 aliphatic rings. The first-order valence-electron chi connectivity index (χ1n) is 8.78. The Balaban J connectivity index is 1.98. The average Bonchev–Trinajstić information content (AvgIpc) is 2.61. The van der Waals surface area contributed by atoms with E-state index in [1.165, 1.54) is 0 Å². The SMILES string of the molecule is CCCCC(C)OC(=O)CCCNC(=O)CCSSc1ccccn1. The lowest BCUT2D eigenvalue weighted by Gasteiger charge is -2.12. The summed E-state index contributed by atoms with van der Waals surface area (Å²) in [5, 5.41) is 3.78. The van der Waals surface area contributed by atoms with E-state index in [0.717, 1.165) is 30.0 Å². The second-order valence-corrected chi connectivity index (χ2v) is 8.16. The Hall–Kier alpha value is -1.21. The Morgan fingerprint density at radius 1 is 1.28 bits per heavy atom. The number of rotatable bonds is 13. The minimum Gasteiger partial charge on any atom is -0.463 e. The zero-order valence-electron chi connectivity index (χ0n) is 15.0. The van der Waals surface area contributed by atoms with Gasteiger partial charge in [0, 0.05) is 31.3 Å². The highest BCUT2D eigenvalue weighted by molar-refractivity contribution is 8.76. The van der Waals surface area contributed by atoms with Gasteiger partial charge in [-0.2, -0.15) is 0 Å². The Kier molecular flexibility index (Phi) is 12.2. The first-order chi connectivity index (χ1) is 12.1. The molecule has 0 aliphatic carbocycles. The van der Waals surface area contributed by atoms with Gasteiger partial charge in [0.1, 0.15) is 5.03 Å². The van der Waals surface area contributed by atoms with Gasteiger partial charge in [-0.15, -0.1) is 0 Å². The van der Waals surface area contributed by atoms with Crippen LogP contribution in [0.5, 0.6) is 0 Å². The largest absolute Gasteiger partial charge is 0.463 e. The topological polar surface area (TPSA) is 68.3 Å². The summed E-state index contributed by atoms with van der Waals surface area (Å²) in [4.78, 5) is 27.6. The van der Waals surface area contributed by atoms with Crippen molar-refractivity contribution in [2.75, 3.05) is 12.3 Å². The third kappa shape index (κ3) is 11.9. The monoisotopic (exact) mass is 384 g/mol. The lowest BCUT2D eigenvalue weighted by molar-refractivity contribution is -0.148. The molecule has 5 nitrogen and oxygen atoms in total. The number of carbonyl (C=O) groups is 2. The van der Waals surface area contributed by atoms with Crippen molar-refractivity contribution in [3.05, 3.63) is 24.4 Å². The molecule has 7 heteroatoms. The fourth-order valence-electron chi connectivity index (χ4n) is 2.02. The number of unbranched alkanes of at least 4 members (excludes halogenated alkanes) is 1. The number of hydrogen-bond donors (Lipinski definition) is 1. The summed E-state index contributed by atoms with van der Waals surface area (Å²) in [7, 11) is 3.18. The number of carbonyl (C=O) groups excluding carboxylic acids is 2. The molecule has 0 radical (unpaired) electrons. The van der Waals surface area contributed by atoms with Crippen LogP contribution in [0.4, 0.5) is 0 Å². The summed E-state index contributed by atoms with van der Waals surface area (Å²) in [5.41, 5.74) is 0. The van der Waals surface area contributed by atoms with Gasteiger partial charge in [0.2, 0.25) is 5.91 Å². The number of pyridine rings is 1. The molecule has 0 aliphatic heterocycles. The van der Waals surface area contributed by atoms with E-state index >= 15 is 0 Å². The fraction of sp³-hybridized carbons (Fsp3) is 0.611. The molecule has 1 aromatic rings. The van der Waals surface area contributed by atoms with Crippen molar-refractivity contribution in [2.24, 2.45) is 0 Å². The van der Waals surface area contributed by atoms with Crippen molar-refractivity contribution in [3.63, 3.8) is 0 Å². The lowest BCUT2D eigenvalue weighted by atomic mass is 10.2. The van der Waals surface area contributed by atoms with Crippen LogP contribution in [-0.4, -0.2) is 35.3 Å². The molecule has 140 valence electrons. The summed E-state index contributed by atoms with van der Waals surface area (Å²) < 4.78 is 5.32. The van der Waals surface area contributed by atoms with E-state index < -0.39 is 0 Å². The molecule has 1 heterocycles. The van der Waals surface area contributed by atoms with Crippen molar-refractivity contribution in [3.8, 4) is 0 Å². The fourth-order valence-corrected chi connectivity index (χ4v) is 3.88. The van der Waals surface area contributed by atoms with E-state index in [2.05, 4.69) is 17.2 Å². The zero-order valence-corrected chi connectivity index (χ0v) is 16.7. The molecule has 1 unspecified atom stereocenters. The van der Waals surface area contributed by atoms with Crippen LogP contribution in [0.2, 0.25) is 0 Å². The normalized spacial score (nSPS) is 11.8. The van der Waals surface area contributed by atoms with Gasteiger partial charge in [0.15, 0.2) is 0 Å². The Morgan fingerprint density at radius 3 is 2.84 bits per heavy atom. The summed E-state index contributed by atoms with van der Waals surface area (Å²) in [6, 6.07) is 5.77. The number of esters is 1. The molecule has 1 atom stereocenters. The minimum atomic E-state index is -0.180. The second-order valence-electron chi connectivity index (χ2n) is 5.72. The van der Waals surface area contributed by atoms with Gasteiger partial charge in [-0.05, 0) is 42.7 Å². The summed E-state index contributed by atoms with van der Waals surface area (Å²) >= 11 is 0. The van der Waals surface area contributed by atoms with Crippen molar-refractivity contribution < 1.29 is 14.3 Å². The standard InChI is InChI=1S/C18H28N2O3S2/c1-3-4-8-15(2)23-18(22)10-7-13-19-16(21)11-14-24-25-17-9-5-6-12-20-17/h5-6,9,12,15H,3-4,7-8,10-11,13-14H2,1-2H3,(H,19,21). The van der Waals surface area contributed by atoms with Crippen LogP contribution >= 0.6 is 21.6 Å². The zero-order chi connectivity index (χ0) is 18.3.